The van der Waals surface area contributed by atoms with Crippen LogP contribution >= 0.6 is 11.6 Å². The van der Waals surface area contributed by atoms with Crippen molar-refractivity contribution in [3.05, 3.63) is 35.1 Å². The molecule has 0 amide bonds. The minimum absolute atomic E-state index is 0.247. The minimum atomic E-state index is -0.570. The summed E-state index contributed by atoms with van der Waals surface area (Å²) >= 11 is 5.73. The molecule has 0 atom stereocenters. The molecule has 2 rings (SSSR count). The van der Waals surface area contributed by atoms with Crippen molar-refractivity contribution in [2.45, 2.75) is 31.3 Å². The molecular formula is C14H17ClFNO2. The van der Waals surface area contributed by atoms with Crippen molar-refractivity contribution >= 4 is 17.6 Å². The smallest absolute Gasteiger partial charge is 0.326 e. The Kier molecular flexibility index (Phi) is 4.42. The number of ether oxygens (including phenoxy) is 1. The van der Waals surface area contributed by atoms with Gasteiger partial charge in [-0.2, -0.15) is 0 Å². The molecule has 0 spiro atoms. The van der Waals surface area contributed by atoms with Crippen molar-refractivity contribution in [1.82, 2.24) is 5.32 Å². The van der Waals surface area contributed by atoms with E-state index in [1.54, 1.807) is 6.07 Å². The first-order valence-corrected chi connectivity index (χ1v) is 6.81. The van der Waals surface area contributed by atoms with Crippen LogP contribution in [0.15, 0.2) is 18.2 Å². The van der Waals surface area contributed by atoms with E-state index < -0.39 is 5.54 Å². The maximum Gasteiger partial charge on any atom is 0.326 e. The summed E-state index contributed by atoms with van der Waals surface area (Å²) in [6.07, 6.45) is 2.21. The first-order valence-electron chi connectivity index (χ1n) is 6.28. The van der Waals surface area contributed by atoms with Crippen molar-refractivity contribution in [3.8, 4) is 0 Å². The number of esters is 1. The average molecular weight is 286 g/mol. The number of aryl methyl sites for hydroxylation is 1. The van der Waals surface area contributed by atoms with Crippen LogP contribution in [0.5, 0.6) is 0 Å². The number of benzene rings is 1. The van der Waals surface area contributed by atoms with Gasteiger partial charge in [0.15, 0.2) is 0 Å². The van der Waals surface area contributed by atoms with E-state index in [2.05, 4.69) is 5.32 Å². The molecule has 1 aromatic carbocycles. The van der Waals surface area contributed by atoms with E-state index in [0.29, 0.717) is 18.8 Å². The van der Waals surface area contributed by atoms with E-state index in [1.807, 2.05) is 0 Å². The second-order valence-corrected chi connectivity index (χ2v) is 5.16. The quantitative estimate of drug-likeness (QED) is 0.644. The predicted molar refractivity (Wildman–Crippen MR) is 71.6 cm³/mol. The molecule has 104 valence electrons. The summed E-state index contributed by atoms with van der Waals surface area (Å²) in [5.74, 6) is -0.0401. The number of nitrogens with one attached hydrogen (secondary N) is 1. The number of carbonyl (C=O) groups excluding carboxylic acids is 1. The van der Waals surface area contributed by atoms with Crippen molar-refractivity contribution in [2.75, 3.05) is 13.0 Å². The predicted octanol–water partition coefficient (Wildman–Crippen LogP) is 2.40. The highest BCUT2D eigenvalue weighted by Crippen LogP contribution is 2.36. The van der Waals surface area contributed by atoms with Gasteiger partial charge in [0.25, 0.3) is 0 Å². The number of alkyl halides is 1. The largest absolute Gasteiger partial charge is 0.468 e. The highest BCUT2D eigenvalue weighted by molar-refractivity contribution is 6.18. The molecule has 0 bridgehead atoms. The fourth-order valence-corrected chi connectivity index (χ4v) is 2.35. The Bertz CT molecular complexity index is 475. The molecule has 1 aromatic rings. The second kappa shape index (κ2) is 5.88. The Morgan fingerprint density at radius 1 is 1.47 bits per heavy atom. The number of halogens is 2. The molecule has 0 saturated heterocycles. The van der Waals surface area contributed by atoms with Crippen LogP contribution in [-0.2, 0) is 22.5 Å². The van der Waals surface area contributed by atoms with Gasteiger partial charge in [-0.15, -0.1) is 11.6 Å². The Morgan fingerprint density at radius 2 is 2.21 bits per heavy atom. The first kappa shape index (κ1) is 14.3. The Balaban J connectivity index is 2.06. The topological polar surface area (TPSA) is 38.3 Å². The third-order valence-electron chi connectivity index (χ3n) is 3.48. The van der Waals surface area contributed by atoms with Crippen molar-refractivity contribution in [3.63, 3.8) is 0 Å². The van der Waals surface area contributed by atoms with E-state index in [4.69, 9.17) is 16.3 Å². The van der Waals surface area contributed by atoms with Crippen LogP contribution in [0, 0.1) is 5.82 Å². The molecule has 0 unspecified atom stereocenters. The molecular weight excluding hydrogens is 269 g/mol. The van der Waals surface area contributed by atoms with Gasteiger partial charge in [0, 0.05) is 12.4 Å². The molecule has 0 heterocycles. The summed E-state index contributed by atoms with van der Waals surface area (Å²) in [7, 11) is 1.38. The fraction of sp³-hybridized carbons (Fsp3) is 0.500. The van der Waals surface area contributed by atoms with E-state index in [9.17, 15) is 9.18 Å². The van der Waals surface area contributed by atoms with Crippen molar-refractivity contribution in [1.29, 1.82) is 0 Å². The number of carbonyl (C=O) groups is 1. The SMILES string of the molecule is COC(=O)C1(NCc2cc(F)ccc2CCCl)CC1. The molecule has 1 fully saturated rings. The van der Waals surface area contributed by atoms with Crippen LogP contribution in [0.2, 0.25) is 0 Å². The minimum Gasteiger partial charge on any atom is -0.468 e. The van der Waals surface area contributed by atoms with Gasteiger partial charge in [-0.25, -0.2) is 4.39 Å². The maximum absolute atomic E-state index is 13.3. The normalized spacial score (nSPS) is 16.2. The van der Waals surface area contributed by atoms with Gasteiger partial charge < -0.3 is 4.74 Å². The molecule has 1 aliphatic rings. The standard InChI is InChI=1S/C14H17ClFNO2/c1-19-13(18)14(5-6-14)17-9-11-8-12(16)3-2-10(11)4-7-15/h2-3,8,17H,4-7,9H2,1H3. The monoisotopic (exact) mass is 285 g/mol. The Morgan fingerprint density at radius 3 is 2.79 bits per heavy atom. The van der Waals surface area contributed by atoms with E-state index in [1.165, 1.54) is 19.2 Å². The van der Waals surface area contributed by atoms with Gasteiger partial charge in [0.05, 0.1) is 7.11 Å². The zero-order chi connectivity index (χ0) is 13.9. The molecule has 0 aliphatic heterocycles. The molecule has 0 radical (unpaired) electrons. The van der Waals surface area contributed by atoms with Gasteiger partial charge in [-0.05, 0) is 42.5 Å². The number of hydrogen-bond acceptors (Lipinski definition) is 3. The van der Waals surface area contributed by atoms with Gasteiger partial charge in [0.1, 0.15) is 11.4 Å². The fourth-order valence-electron chi connectivity index (χ4n) is 2.14. The Labute approximate surface area is 117 Å². The molecule has 1 saturated carbocycles. The zero-order valence-electron chi connectivity index (χ0n) is 10.8. The lowest BCUT2D eigenvalue weighted by atomic mass is 10.0. The van der Waals surface area contributed by atoms with Crippen LogP contribution in [0.1, 0.15) is 24.0 Å². The molecule has 1 N–H and O–H groups in total. The lowest BCUT2D eigenvalue weighted by Gasteiger charge is -2.16. The molecule has 0 aromatic heterocycles. The van der Waals surface area contributed by atoms with Crippen LogP contribution < -0.4 is 5.32 Å². The molecule has 5 heteroatoms. The van der Waals surface area contributed by atoms with Gasteiger partial charge in [0.2, 0.25) is 0 Å². The summed E-state index contributed by atoms with van der Waals surface area (Å²) < 4.78 is 18.1. The Hall–Kier alpha value is -1.13. The number of hydrogen-bond donors (Lipinski definition) is 1. The van der Waals surface area contributed by atoms with Crippen LogP contribution in [0.4, 0.5) is 4.39 Å². The maximum atomic E-state index is 13.3. The van der Waals surface area contributed by atoms with E-state index >= 15 is 0 Å². The summed E-state index contributed by atoms with van der Waals surface area (Å²) in [5.41, 5.74) is 1.28. The molecule has 1 aliphatic carbocycles. The van der Waals surface area contributed by atoms with E-state index in [-0.39, 0.29) is 11.8 Å². The summed E-state index contributed by atoms with van der Waals surface area (Å²) in [6, 6.07) is 4.66. The molecule has 3 nitrogen and oxygen atoms in total. The molecule has 19 heavy (non-hydrogen) atoms. The lowest BCUT2D eigenvalue weighted by molar-refractivity contribution is -0.144. The van der Waals surface area contributed by atoms with Crippen LogP contribution in [0.3, 0.4) is 0 Å². The van der Waals surface area contributed by atoms with E-state index in [0.717, 1.165) is 24.0 Å². The second-order valence-electron chi connectivity index (χ2n) is 4.78. The lowest BCUT2D eigenvalue weighted by Crippen LogP contribution is -2.39. The van der Waals surface area contributed by atoms with Gasteiger partial charge in [-0.3, -0.25) is 10.1 Å². The zero-order valence-corrected chi connectivity index (χ0v) is 11.6. The first-order chi connectivity index (χ1) is 9.11. The number of methoxy groups -OCH3 is 1. The number of rotatable bonds is 6. The van der Waals surface area contributed by atoms with Crippen molar-refractivity contribution < 1.29 is 13.9 Å². The summed E-state index contributed by atoms with van der Waals surface area (Å²) in [4.78, 5) is 11.6. The average Bonchev–Trinajstić information content (AvgIpc) is 3.19. The van der Waals surface area contributed by atoms with Gasteiger partial charge in [-0.1, -0.05) is 6.07 Å². The highest BCUT2D eigenvalue weighted by Gasteiger charge is 2.50. The van der Waals surface area contributed by atoms with Crippen LogP contribution in [-0.4, -0.2) is 24.5 Å². The van der Waals surface area contributed by atoms with Crippen molar-refractivity contribution in [2.24, 2.45) is 0 Å². The summed E-state index contributed by atoms with van der Waals surface area (Å²) in [6.45, 7) is 0.444. The van der Waals surface area contributed by atoms with Crippen LogP contribution in [0.25, 0.3) is 0 Å². The summed E-state index contributed by atoms with van der Waals surface area (Å²) in [5, 5.41) is 3.18. The third-order valence-corrected chi connectivity index (χ3v) is 3.66. The highest BCUT2D eigenvalue weighted by atomic mass is 35.5. The third kappa shape index (κ3) is 3.25. The van der Waals surface area contributed by atoms with Gasteiger partial charge >= 0.3 is 5.97 Å².